The van der Waals surface area contributed by atoms with Crippen LogP contribution in [-0.2, 0) is 15.8 Å². The molecule has 0 saturated heterocycles. The number of nitrogens with zero attached hydrogens (tertiary/aromatic N) is 2. The van der Waals surface area contributed by atoms with Crippen LogP contribution < -0.4 is 15.4 Å². The molecule has 2 amide bonds. The van der Waals surface area contributed by atoms with E-state index in [4.69, 9.17) is 4.74 Å². The van der Waals surface area contributed by atoms with Gasteiger partial charge in [-0.2, -0.15) is 18.3 Å². The van der Waals surface area contributed by atoms with Crippen LogP contribution in [0.3, 0.4) is 0 Å². The van der Waals surface area contributed by atoms with Crippen molar-refractivity contribution in [1.29, 1.82) is 0 Å². The number of anilines is 1. The van der Waals surface area contributed by atoms with E-state index in [9.17, 15) is 27.2 Å². The normalized spacial score (nSPS) is 14.7. The molecule has 1 aliphatic carbocycles. The first-order valence-electron chi connectivity index (χ1n) is 13.1. The van der Waals surface area contributed by atoms with Gasteiger partial charge in [-0.1, -0.05) is 12.6 Å². The predicted molar refractivity (Wildman–Crippen MR) is 152 cm³/mol. The molecule has 0 radical (unpaired) electrons. The quantitative estimate of drug-likeness (QED) is 0.0872. The molecule has 0 spiro atoms. The maximum absolute atomic E-state index is 13.2. The average molecular weight is 592 g/mol. The molecule has 1 saturated carbocycles. The molecule has 8 nitrogen and oxygen atoms in total. The number of allylic oxidation sites excluding steroid dienone is 4. The molecule has 43 heavy (non-hydrogen) atoms. The molecule has 1 fully saturated rings. The molecule has 0 atom stereocenters. The number of amides is 2. The first kappa shape index (κ1) is 29.2. The first-order chi connectivity index (χ1) is 20.5. The lowest BCUT2D eigenvalue weighted by atomic mass is 10.0. The monoisotopic (exact) mass is 591 g/mol. The zero-order valence-corrected chi connectivity index (χ0v) is 22.8. The van der Waals surface area contributed by atoms with E-state index in [1.807, 2.05) is 5.10 Å². The number of pyridine rings is 1. The second-order valence-corrected chi connectivity index (χ2v) is 9.91. The van der Waals surface area contributed by atoms with E-state index in [0.717, 1.165) is 6.07 Å². The number of aromatic nitrogens is 3. The minimum atomic E-state index is -4.53. The van der Waals surface area contributed by atoms with Gasteiger partial charge in [0.25, 0.3) is 0 Å². The number of carbonyl (C=O) groups excluding carboxylic acids is 2. The molecule has 5 rings (SSSR count). The highest BCUT2D eigenvalue weighted by molar-refractivity contribution is 6.13. The Morgan fingerprint density at radius 3 is 2.44 bits per heavy atom. The minimum Gasteiger partial charge on any atom is -0.461 e. The molecule has 12 heteroatoms. The Bertz CT molecular complexity index is 1770. The number of carbonyl (C=O) groups is 2. The number of alkyl halides is 3. The number of nitrogens with one attached hydrogen (secondary N) is 3. The number of fused-ring (bicyclic) bond motifs is 1. The number of hydrogen-bond acceptors (Lipinski definition) is 5. The summed E-state index contributed by atoms with van der Waals surface area (Å²) < 4.78 is 58.0. The lowest BCUT2D eigenvalue weighted by molar-refractivity contribution is -0.141. The molecule has 0 bridgehead atoms. The van der Waals surface area contributed by atoms with E-state index in [1.54, 1.807) is 43.3 Å². The van der Waals surface area contributed by atoms with Crippen molar-refractivity contribution in [3.63, 3.8) is 0 Å². The Morgan fingerprint density at radius 2 is 1.79 bits per heavy atom. The van der Waals surface area contributed by atoms with Crippen molar-refractivity contribution in [3.8, 4) is 17.0 Å². The van der Waals surface area contributed by atoms with Gasteiger partial charge in [0, 0.05) is 28.5 Å². The van der Waals surface area contributed by atoms with Gasteiger partial charge < -0.3 is 15.4 Å². The van der Waals surface area contributed by atoms with Gasteiger partial charge in [-0.15, -0.1) is 0 Å². The van der Waals surface area contributed by atoms with Crippen LogP contribution in [0.1, 0.15) is 25.5 Å². The average Bonchev–Trinajstić information content (AvgIpc) is 3.64. The smallest absolute Gasteiger partial charge is 0.432 e. The van der Waals surface area contributed by atoms with Crippen molar-refractivity contribution in [2.75, 3.05) is 5.32 Å². The van der Waals surface area contributed by atoms with Crippen molar-refractivity contribution >= 4 is 28.4 Å². The third-order valence-corrected chi connectivity index (χ3v) is 6.85. The summed E-state index contributed by atoms with van der Waals surface area (Å²) in [5.74, 6) is -0.499. The predicted octanol–water partition coefficient (Wildman–Crippen LogP) is 6.67. The van der Waals surface area contributed by atoms with Crippen LogP contribution in [0.25, 0.3) is 22.2 Å². The van der Waals surface area contributed by atoms with Crippen molar-refractivity contribution in [2.24, 2.45) is 5.41 Å². The van der Waals surface area contributed by atoms with Crippen LogP contribution in [-0.4, -0.2) is 27.0 Å². The topological polar surface area (TPSA) is 109 Å². The number of ether oxygens (including phenoxy) is 1. The van der Waals surface area contributed by atoms with E-state index >= 15 is 0 Å². The molecule has 0 unspecified atom stereocenters. The fourth-order valence-corrected chi connectivity index (χ4v) is 4.28. The maximum Gasteiger partial charge on any atom is 0.432 e. The van der Waals surface area contributed by atoms with Gasteiger partial charge in [-0.25, -0.2) is 4.39 Å². The number of rotatable bonds is 9. The van der Waals surface area contributed by atoms with Crippen LogP contribution in [0.4, 0.5) is 23.2 Å². The van der Waals surface area contributed by atoms with Gasteiger partial charge in [0.15, 0.2) is 0 Å². The van der Waals surface area contributed by atoms with Crippen molar-refractivity contribution in [2.45, 2.75) is 25.9 Å². The SMILES string of the molecule is C=C/C(=C\C=C(/C)Oc1ccnc2cc(-c3cc(C(F)(F)F)[nH]n3)ccc12)NC(=O)C1(C(=O)Nc2ccc(F)cc2)CC1. The summed E-state index contributed by atoms with van der Waals surface area (Å²) in [4.78, 5) is 30.1. The zero-order valence-electron chi connectivity index (χ0n) is 22.8. The maximum atomic E-state index is 13.2. The molecular formula is C31H25F4N5O3. The molecule has 220 valence electrons. The Morgan fingerprint density at radius 1 is 1.05 bits per heavy atom. The second-order valence-electron chi connectivity index (χ2n) is 9.91. The molecule has 4 aromatic rings. The van der Waals surface area contributed by atoms with Crippen LogP contribution in [0.2, 0.25) is 0 Å². The van der Waals surface area contributed by atoms with Gasteiger partial charge in [0.1, 0.15) is 28.4 Å². The Labute approximate surface area is 243 Å². The van der Waals surface area contributed by atoms with Gasteiger partial charge in [0.2, 0.25) is 11.8 Å². The summed E-state index contributed by atoms with van der Waals surface area (Å²) in [7, 11) is 0. The van der Waals surface area contributed by atoms with E-state index in [1.165, 1.54) is 36.5 Å². The number of aromatic amines is 1. The highest BCUT2D eigenvalue weighted by Crippen LogP contribution is 2.47. The van der Waals surface area contributed by atoms with Crippen LogP contribution in [0.5, 0.6) is 5.75 Å². The summed E-state index contributed by atoms with van der Waals surface area (Å²) >= 11 is 0. The van der Waals surface area contributed by atoms with Crippen molar-refractivity contribution in [3.05, 3.63) is 109 Å². The van der Waals surface area contributed by atoms with E-state index in [-0.39, 0.29) is 5.69 Å². The lowest BCUT2D eigenvalue weighted by Gasteiger charge is -2.16. The highest BCUT2D eigenvalue weighted by Gasteiger charge is 2.56. The number of halogens is 4. The van der Waals surface area contributed by atoms with E-state index < -0.39 is 34.9 Å². The third-order valence-electron chi connectivity index (χ3n) is 6.85. The number of hydrogen-bond donors (Lipinski definition) is 3. The Hall–Kier alpha value is -5.26. The second kappa shape index (κ2) is 11.6. The Balaban J connectivity index is 1.26. The molecule has 0 aliphatic heterocycles. The van der Waals surface area contributed by atoms with Crippen LogP contribution in [0, 0.1) is 11.2 Å². The van der Waals surface area contributed by atoms with Gasteiger partial charge >= 0.3 is 6.18 Å². The van der Waals surface area contributed by atoms with Crippen molar-refractivity contribution in [1.82, 2.24) is 20.5 Å². The van der Waals surface area contributed by atoms with E-state index in [2.05, 4.69) is 27.3 Å². The van der Waals surface area contributed by atoms with E-state index in [0.29, 0.717) is 52.2 Å². The van der Waals surface area contributed by atoms with Crippen LogP contribution in [0.15, 0.2) is 97.1 Å². The summed E-state index contributed by atoms with van der Waals surface area (Å²) in [5.41, 5.74) is -0.383. The zero-order chi connectivity index (χ0) is 30.8. The summed E-state index contributed by atoms with van der Waals surface area (Å²) in [5, 5.41) is 11.8. The lowest BCUT2D eigenvalue weighted by Crippen LogP contribution is -2.39. The summed E-state index contributed by atoms with van der Waals surface area (Å²) in [6.45, 7) is 5.42. The Kier molecular flexibility index (Phi) is 7.85. The minimum absolute atomic E-state index is 0.128. The summed E-state index contributed by atoms with van der Waals surface area (Å²) in [6, 6.07) is 12.8. The summed E-state index contributed by atoms with van der Waals surface area (Å²) in [6.07, 6.45) is 2.33. The molecule has 2 heterocycles. The number of H-pyrrole nitrogens is 1. The fraction of sp³-hybridized carbons (Fsp3) is 0.161. The van der Waals surface area contributed by atoms with Gasteiger partial charge in [-0.05, 0) is 86.5 Å². The molecule has 1 aliphatic rings. The molecule has 3 N–H and O–H groups in total. The largest absolute Gasteiger partial charge is 0.461 e. The van der Waals surface area contributed by atoms with Gasteiger partial charge in [-0.3, -0.25) is 19.7 Å². The molecule has 2 aromatic heterocycles. The van der Waals surface area contributed by atoms with Gasteiger partial charge in [0.05, 0.1) is 11.2 Å². The van der Waals surface area contributed by atoms with Crippen molar-refractivity contribution < 1.29 is 31.9 Å². The number of benzene rings is 2. The highest BCUT2D eigenvalue weighted by atomic mass is 19.4. The van der Waals surface area contributed by atoms with Crippen LogP contribution >= 0.6 is 0 Å². The fourth-order valence-electron chi connectivity index (χ4n) is 4.28. The first-order valence-corrected chi connectivity index (χ1v) is 13.1. The molecule has 2 aromatic carbocycles. The standard InChI is InChI=1S/C31H25F4N5O3/c1-3-21(37-28(41)30(13-14-30)29(42)38-22-9-6-20(32)7-10-22)8-4-18(2)43-26-12-15-36-25-16-19(5-11-23(25)26)24-17-27(40-39-24)31(33,34)35/h3-12,15-17H,1,13-14H2,2H3,(H,37,41)(H,38,42)(H,39,40)/b18-4+,21-8+. The third kappa shape index (κ3) is 6.48. The molecular weight excluding hydrogens is 566 g/mol.